The summed E-state index contributed by atoms with van der Waals surface area (Å²) >= 11 is 0. The van der Waals surface area contributed by atoms with E-state index >= 15 is 0 Å². The van der Waals surface area contributed by atoms with Crippen LogP contribution in [-0.4, -0.2) is 48.8 Å². The fourth-order valence-corrected chi connectivity index (χ4v) is 6.13. The number of para-hydroxylation sites is 1. The van der Waals surface area contributed by atoms with Gasteiger partial charge in [-0.05, 0) is 37.0 Å². The molecular weight excluding hydrogens is 396 g/mol. The summed E-state index contributed by atoms with van der Waals surface area (Å²) in [7, 11) is -3.02. The molecule has 2 aliphatic rings. The molecule has 1 aromatic heterocycles. The third kappa shape index (κ3) is 3.05. The summed E-state index contributed by atoms with van der Waals surface area (Å²) in [6.45, 7) is 2.63. The van der Waals surface area contributed by atoms with Crippen molar-refractivity contribution < 1.29 is 13.2 Å². The lowest BCUT2D eigenvalue weighted by Gasteiger charge is -2.42. The Balaban J connectivity index is 1.54. The Bertz CT molecular complexity index is 1210. The lowest BCUT2D eigenvalue weighted by molar-refractivity contribution is 0.0772. The number of benzene rings is 2. The largest absolute Gasteiger partial charge is 0.360 e. The molecule has 2 heterocycles. The van der Waals surface area contributed by atoms with Gasteiger partial charge < -0.3 is 9.88 Å². The zero-order valence-corrected chi connectivity index (χ0v) is 18.0. The molecule has 0 spiro atoms. The predicted octanol–water partition coefficient (Wildman–Crippen LogP) is 3.82. The van der Waals surface area contributed by atoms with Crippen LogP contribution < -0.4 is 0 Å². The van der Waals surface area contributed by atoms with Crippen LogP contribution in [0.1, 0.15) is 46.3 Å². The zero-order chi connectivity index (χ0) is 20.9. The van der Waals surface area contributed by atoms with Crippen LogP contribution in [0.25, 0.3) is 10.9 Å². The number of hydrogen-bond donors (Lipinski definition) is 1. The van der Waals surface area contributed by atoms with Crippen molar-refractivity contribution in [3.63, 3.8) is 0 Å². The molecule has 6 heteroatoms. The van der Waals surface area contributed by atoms with E-state index in [2.05, 4.69) is 48.4 Å². The molecule has 30 heavy (non-hydrogen) atoms. The summed E-state index contributed by atoms with van der Waals surface area (Å²) < 4.78 is 23.5. The highest BCUT2D eigenvalue weighted by atomic mass is 32.2. The molecule has 5 nitrogen and oxygen atoms in total. The molecule has 0 bridgehead atoms. The van der Waals surface area contributed by atoms with E-state index in [4.69, 9.17) is 0 Å². The first-order valence-corrected chi connectivity index (χ1v) is 12.4. The van der Waals surface area contributed by atoms with Gasteiger partial charge in [0.1, 0.15) is 0 Å². The van der Waals surface area contributed by atoms with Gasteiger partial charge in [-0.3, -0.25) is 4.79 Å². The molecular formula is C24H26N2O3S. The fourth-order valence-electron chi connectivity index (χ4n) is 4.93. The fraction of sp³-hybridized carbons (Fsp3) is 0.375. The van der Waals surface area contributed by atoms with E-state index in [1.807, 2.05) is 12.1 Å². The van der Waals surface area contributed by atoms with Gasteiger partial charge in [-0.2, -0.15) is 0 Å². The molecule has 1 saturated carbocycles. The van der Waals surface area contributed by atoms with Crippen molar-refractivity contribution in [2.45, 2.75) is 31.6 Å². The minimum Gasteiger partial charge on any atom is -0.360 e. The molecule has 156 valence electrons. The first kappa shape index (κ1) is 19.4. The Morgan fingerprint density at radius 2 is 1.73 bits per heavy atom. The molecule has 1 amide bonds. The van der Waals surface area contributed by atoms with Crippen molar-refractivity contribution >= 4 is 26.6 Å². The number of carbonyl (C=O) groups is 1. The summed E-state index contributed by atoms with van der Waals surface area (Å²) in [6, 6.07) is 14.7. The smallest absolute Gasteiger partial charge is 0.256 e. The lowest BCUT2D eigenvalue weighted by Crippen LogP contribution is -2.43. The van der Waals surface area contributed by atoms with Gasteiger partial charge in [0.15, 0.2) is 9.84 Å². The summed E-state index contributed by atoms with van der Waals surface area (Å²) in [4.78, 5) is 18.2. The number of H-pyrrole nitrogens is 1. The SMILES string of the molecule is Cc1ccc(C2(c3c[nH]c4c(C(=O)N5CCS(=O)(=O)CC5)cccc34)CCC2)cc1. The minimum absolute atomic E-state index is 0.00712. The number of nitrogens with zero attached hydrogens (tertiary/aromatic N) is 1. The minimum atomic E-state index is -3.02. The van der Waals surface area contributed by atoms with Crippen molar-refractivity contribution in [3.05, 3.63) is 70.9 Å². The highest BCUT2D eigenvalue weighted by Gasteiger charge is 2.42. The van der Waals surface area contributed by atoms with Gasteiger partial charge in [-0.1, -0.05) is 48.4 Å². The molecule has 1 aliphatic heterocycles. The second-order valence-corrected chi connectivity index (χ2v) is 11.0. The standard InChI is InChI=1S/C24H26N2O3S/c1-17-6-8-18(9-7-17)24(10-3-11-24)21-16-25-22-19(21)4-2-5-20(22)23(27)26-12-14-30(28,29)15-13-26/h2,4-9,16,25H,3,10-15H2,1H3. The van der Waals surface area contributed by atoms with E-state index in [-0.39, 0.29) is 35.9 Å². The third-order valence-electron chi connectivity index (χ3n) is 6.90. The van der Waals surface area contributed by atoms with Gasteiger partial charge in [-0.25, -0.2) is 8.42 Å². The Morgan fingerprint density at radius 3 is 2.37 bits per heavy atom. The van der Waals surface area contributed by atoms with E-state index in [1.165, 1.54) is 23.1 Å². The maximum absolute atomic E-state index is 13.2. The number of fused-ring (bicyclic) bond motifs is 1. The van der Waals surface area contributed by atoms with Crippen LogP contribution in [-0.2, 0) is 15.3 Å². The van der Waals surface area contributed by atoms with Crippen LogP contribution in [0.5, 0.6) is 0 Å². The van der Waals surface area contributed by atoms with Crippen LogP contribution in [0, 0.1) is 6.92 Å². The van der Waals surface area contributed by atoms with Gasteiger partial charge in [0, 0.05) is 30.1 Å². The van der Waals surface area contributed by atoms with Crippen LogP contribution >= 0.6 is 0 Å². The summed E-state index contributed by atoms with van der Waals surface area (Å²) in [5.41, 5.74) is 5.30. The van der Waals surface area contributed by atoms with Crippen molar-refractivity contribution in [1.29, 1.82) is 0 Å². The van der Waals surface area contributed by atoms with Gasteiger partial charge in [0.25, 0.3) is 5.91 Å². The number of carbonyl (C=O) groups excluding carboxylic acids is 1. The molecule has 2 fully saturated rings. The maximum Gasteiger partial charge on any atom is 0.256 e. The number of aromatic nitrogens is 1. The number of rotatable bonds is 3. The molecule has 1 N–H and O–H groups in total. The summed E-state index contributed by atoms with van der Waals surface area (Å²) in [5, 5.41) is 1.09. The third-order valence-corrected chi connectivity index (χ3v) is 8.51. The van der Waals surface area contributed by atoms with E-state index < -0.39 is 9.84 Å². The summed E-state index contributed by atoms with van der Waals surface area (Å²) in [6.07, 6.45) is 5.47. The number of nitrogens with one attached hydrogen (secondary N) is 1. The van der Waals surface area contributed by atoms with Crippen molar-refractivity contribution in [2.24, 2.45) is 0 Å². The van der Waals surface area contributed by atoms with E-state index in [9.17, 15) is 13.2 Å². The molecule has 3 aromatic rings. The van der Waals surface area contributed by atoms with E-state index in [1.54, 1.807) is 4.90 Å². The van der Waals surface area contributed by atoms with E-state index in [0.29, 0.717) is 5.56 Å². The van der Waals surface area contributed by atoms with E-state index in [0.717, 1.165) is 23.7 Å². The molecule has 0 radical (unpaired) electrons. The normalized spacial score (nSPS) is 20.1. The van der Waals surface area contributed by atoms with Crippen molar-refractivity contribution in [3.8, 4) is 0 Å². The Morgan fingerprint density at radius 1 is 1.03 bits per heavy atom. The predicted molar refractivity (Wildman–Crippen MR) is 119 cm³/mol. The molecule has 0 unspecified atom stereocenters. The number of hydrogen-bond acceptors (Lipinski definition) is 3. The monoisotopic (exact) mass is 422 g/mol. The highest BCUT2D eigenvalue weighted by Crippen LogP contribution is 2.51. The number of amides is 1. The number of sulfone groups is 1. The number of aromatic amines is 1. The Kier molecular flexibility index (Phi) is 4.51. The van der Waals surface area contributed by atoms with Gasteiger partial charge in [0.2, 0.25) is 0 Å². The molecule has 5 rings (SSSR count). The van der Waals surface area contributed by atoms with Crippen LogP contribution in [0.3, 0.4) is 0 Å². The Hall–Kier alpha value is -2.60. The first-order chi connectivity index (χ1) is 14.4. The quantitative estimate of drug-likeness (QED) is 0.698. The van der Waals surface area contributed by atoms with Gasteiger partial charge in [0.05, 0.1) is 22.6 Å². The highest BCUT2D eigenvalue weighted by molar-refractivity contribution is 7.91. The van der Waals surface area contributed by atoms with Crippen LogP contribution in [0.2, 0.25) is 0 Å². The van der Waals surface area contributed by atoms with Crippen LogP contribution in [0.4, 0.5) is 0 Å². The first-order valence-electron chi connectivity index (χ1n) is 10.6. The lowest BCUT2D eigenvalue weighted by atomic mass is 9.60. The Labute approximate surface area is 177 Å². The second-order valence-electron chi connectivity index (χ2n) is 8.68. The van der Waals surface area contributed by atoms with Crippen molar-refractivity contribution in [1.82, 2.24) is 9.88 Å². The number of aryl methyl sites for hydroxylation is 1. The molecule has 2 aromatic carbocycles. The molecule has 1 saturated heterocycles. The topological polar surface area (TPSA) is 70.2 Å². The van der Waals surface area contributed by atoms with Crippen LogP contribution in [0.15, 0.2) is 48.7 Å². The van der Waals surface area contributed by atoms with Gasteiger partial charge >= 0.3 is 0 Å². The average Bonchev–Trinajstić information content (AvgIpc) is 3.13. The summed E-state index contributed by atoms with van der Waals surface area (Å²) in [5.74, 6) is -0.00970. The van der Waals surface area contributed by atoms with Crippen molar-refractivity contribution in [2.75, 3.05) is 24.6 Å². The average molecular weight is 423 g/mol. The zero-order valence-electron chi connectivity index (χ0n) is 17.1. The molecule has 1 aliphatic carbocycles. The van der Waals surface area contributed by atoms with Gasteiger partial charge in [-0.15, -0.1) is 0 Å². The molecule has 0 atom stereocenters. The second kappa shape index (κ2) is 6.98. The maximum atomic E-state index is 13.2.